The molecular weight excluding hydrogens is 264 g/mol. The van der Waals surface area contributed by atoms with E-state index in [0.29, 0.717) is 25.8 Å². The van der Waals surface area contributed by atoms with Crippen molar-refractivity contribution in [3.8, 4) is 0 Å². The van der Waals surface area contributed by atoms with Crippen molar-refractivity contribution < 1.29 is 14.4 Å². The van der Waals surface area contributed by atoms with Crippen molar-refractivity contribution >= 4 is 30.0 Å². The highest BCUT2D eigenvalue weighted by Crippen LogP contribution is 2.02. The van der Waals surface area contributed by atoms with Gasteiger partial charge in [-0.3, -0.25) is 19.3 Å². The molecule has 0 saturated carbocycles. The molecule has 6 heteroatoms. The van der Waals surface area contributed by atoms with Gasteiger partial charge in [0.15, 0.2) is 0 Å². The van der Waals surface area contributed by atoms with Crippen LogP contribution in [0.25, 0.3) is 0 Å². The first-order valence-electron chi connectivity index (χ1n) is 6.51. The van der Waals surface area contributed by atoms with Crippen LogP contribution in [0.2, 0.25) is 0 Å². The minimum absolute atomic E-state index is 0.0313. The first kappa shape index (κ1) is 18.0. The van der Waals surface area contributed by atoms with Crippen molar-refractivity contribution in [1.29, 1.82) is 0 Å². The lowest BCUT2D eigenvalue weighted by atomic mass is 10.1. The van der Waals surface area contributed by atoms with Gasteiger partial charge in [0.1, 0.15) is 0 Å². The second kappa shape index (κ2) is 10.8. The standard InChI is InChI=1S/C13H24N2O3S/c1-11(2)9-13(18)15(10-16)7-6-14-12(17)5-4-8-19-3/h10-11H,4-9H2,1-3H3,(H,14,17). The Morgan fingerprint density at radius 1 is 1.37 bits per heavy atom. The fraction of sp³-hybridized carbons (Fsp3) is 0.769. The zero-order chi connectivity index (χ0) is 14.7. The topological polar surface area (TPSA) is 66.5 Å². The highest BCUT2D eigenvalue weighted by atomic mass is 32.2. The van der Waals surface area contributed by atoms with E-state index in [2.05, 4.69) is 5.32 Å². The quantitative estimate of drug-likeness (QED) is 0.486. The Morgan fingerprint density at radius 3 is 2.58 bits per heavy atom. The average Bonchev–Trinajstić information content (AvgIpc) is 2.34. The first-order valence-corrected chi connectivity index (χ1v) is 7.91. The average molecular weight is 288 g/mol. The molecule has 0 aromatic heterocycles. The summed E-state index contributed by atoms with van der Waals surface area (Å²) >= 11 is 1.71. The summed E-state index contributed by atoms with van der Waals surface area (Å²) < 4.78 is 0. The third-order valence-corrected chi connectivity index (χ3v) is 3.15. The fourth-order valence-electron chi connectivity index (χ4n) is 1.48. The molecule has 19 heavy (non-hydrogen) atoms. The van der Waals surface area contributed by atoms with Crippen molar-refractivity contribution in [2.45, 2.75) is 33.1 Å². The maximum atomic E-state index is 11.7. The van der Waals surface area contributed by atoms with Gasteiger partial charge in [0.05, 0.1) is 0 Å². The van der Waals surface area contributed by atoms with Crippen LogP contribution in [-0.2, 0) is 14.4 Å². The molecule has 3 amide bonds. The second-order valence-corrected chi connectivity index (χ2v) is 5.72. The van der Waals surface area contributed by atoms with Gasteiger partial charge in [0.2, 0.25) is 18.2 Å². The van der Waals surface area contributed by atoms with Gasteiger partial charge < -0.3 is 5.32 Å². The molecule has 0 heterocycles. The zero-order valence-corrected chi connectivity index (χ0v) is 12.8. The van der Waals surface area contributed by atoms with Crippen molar-refractivity contribution in [2.24, 2.45) is 5.92 Å². The summed E-state index contributed by atoms with van der Waals surface area (Å²) in [4.78, 5) is 35.0. The van der Waals surface area contributed by atoms with E-state index in [9.17, 15) is 14.4 Å². The molecule has 0 unspecified atom stereocenters. The number of amides is 3. The summed E-state index contributed by atoms with van der Waals surface area (Å²) in [5.74, 6) is 0.953. The van der Waals surface area contributed by atoms with Crippen LogP contribution in [0.4, 0.5) is 0 Å². The van der Waals surface area contributed by atoms with Gasteiger partial charge in [0, 0.05) is 25.9 Å². The van der Waals surface area contributed by atoms with Crippen LogP contribution in [-0.4, -0.2) is 48.2 Å². The van der Waals surface area contributed by atoms with Crippen LogP contribution in [0.5, 0.6) is 0 Å². The van der Waals surface area contributed by atoms with Gasteiger partial charge in [0.25, 0.3) is 0 Å². The third-order valence-electron chi connectivity index (χ3n) is 2.46. The number of carbonyl (C=O) groups excluding carboxylic acids is 3. The van der Waals surface area contributed by atoms with Gasteiger partial charge in [-0.15, -0.1) is 0 Å². The molecule has 0 atom stereocenters. The molecule has 1 N–H and O–H groups in total. The van der Waals surface area contributed by atoms with E-state index < -0.39 is 0 Å². The van der Waals surface area contributed by atoms with Crippen LogP contribution in [0.15, 0.2) is 0 Å². The van der Waals surface area contributed by atoms with Crippen LogP contribution in [0.3, 0.4) is 0 Å². The summed E-state index contributed by atoms with van der Waals surface area (Å²) in [7, 11) is 0. The summed E-state index contributed by atoms with van der Waals surface area (Å²) in [6.07, 6.45) is 4.21. The molecule has 0 bridgehead atoms. The first-order chi connectivity index (χ1) is 9.01. The zero-order valence-electron chi connectivity index (χ0n) is 12.0. The van der Waals surface area contributed by atoms with E-state index in [0.717, 1.165) is 17.1 Å². The Balaban J connectivity index is 3.86. The van der Waals surface area contributed by atoms with Crippen molar-refractivity contribution in [2.75, 3.05) is 25.1 Å². The van der Waals surface area contributed by atoms with Gasteiger partial charge in [-0.05, 0) is 24.3 Å². The highest BCUT2D eigenvalue weighted by Gasteiger charge is 2.13. The van der Waals surface area contributed by atoms with E-state index in [-0.39, 0.29) is 24.3 Å². The van der Waals surface area contributed by atoms with E-state index in [1.807, 2.05) is 20.1 Å². The summed E-state index contributed by atoms with van der Waals surface area (Å²) in [6, 6.07) is 0. The molecule has 0 aromatic rings. The van der Waals surface area contributed by atoms with Gasteiger partial charge in [-0.25, -0.2) is 0 Å². The highest BCUT2D eigenvalue weighted by molar-refractivity contribution is 7.98. The number of carbonyl (C=O) groups is 3. The minimum Gasteiger partial charge on any atom is -0.354 e. The van der Waals surface area contributed by atoms with Crippen LogP contribution < -0.4 is 5.32 Å². The lowest BCUT2D eigenvalue weighted by Crippen LogP contribution is -2.38. The molecule has 110 valence electrons. The molecule has 0 rings (SSSR count). The summed E-state index contributed by atoms with van der Waals surface area (Å²) in [6.45, 7) is 4.41. The predicted molar refractivity (Wildman–Crippen MR) is 77.9 cm³/mol. The van der Waals surface area contributed by atoms with Crippen LogP contribution in [0.1, 0.15) is 33.1 Å². The smallest absolute Gasteiger partial charge is 0.229 e. The maximum absolute atomic E-state index is 11.7. The molecule has 0 spiro atoms. The minimum atomic E-state index is -0.193. The Bertz CT molecular complexity index is 296. The molecule has 0 aliphatic heterocycles. The number of imide groups is 1. The predicted octanol–water partition coefficient (Wildman–Crippen LogP) is 1.28. The van der Waals surface area contributed by atoms with Gasteiger partial charge in [-0.2, -0.15) is 11.8 Å². The normalized spacial score (nSPS) is 10.3. The summed E-state index contributed by atoms with van der Waals surface area (Å²) in [5, 5.41) is 2.71. The van der Waals surface area contributed by atoms with Crippen molar-refractivity contribution in [3.63, 3.8) is 0 Å². The number of nitrogens with zero attached hydrogens (tertiary/aromatic N) is 1. The second-order valence-electron chi connectivity index (χ2n) is 4.74. The van der Waals surface area contributed by atoms with Crippen LogP contribution >= 0.6 is 11.8 Å². The van der Waals surface area contributed by atoms with E-state index in [4.69, 9.17) is 0 Å². The lowest BCUT2D eigenvalue weighted by molar-refractivity contribution is -0.139. The number of hydrogen-bond acceptors (Lipinski definition) is 4. The molecule has 0 fully saturated rings. The van der Waals surface area contributed by atoms with Gasteiger partial charge >= 0.3 is 0 Å². The molecule has 5 nitrogen and oxygen atoms in total. The summed E-state index contributed by atoms with van der Waals surface area (Å²) in [5.41, 5.74) is 0. The third kappa shape index (κ3) is 9.53. The monoisotopic (exact) mass is 288 g/mol. The van der Waals surface area contributed by atoms with E-state index in [1.165, 1.54) is 0 Å². The van der Waals surface area contributed by atoms with Crippen LogP contribution in [0, 0.1) is 5.92 Å². The number of hydrogen-bond donors (Lipinski definition) is 1. The number of thioether (sulfide) groups is 1. The molecule has 0 aromatic carbocycles. The number of rotatable bonds is 10. The molecule has 0 radical (unpaired) electrons. The lowest BCUT2D eigenvalue weighted by Gasteiger charge is -2.16. The molecule has 0 aliphatic carbocycles. The Morgan fingerprint density at radius 2 is 2.05 bits per heavy atom. The van der Waals surface area contributed by atoms with Gasteiger partial charge in [-0.1, -0.05) is 13.8 Å². The van der Waals surface area contributed by atoms with Crippen molar-refractivity contribution in [1.82, 2.24) is 10.2 Å². The Hall–Kier alpha value is -1.04. The molecule has 0 saturated heterocycles. The molecular formula is C13H24N2O3S. The van der Waals surface area contributed by atoms with E-state index in [1.54, 1.807) is 11.8 Å². The molecule has 0 aliphatic rings. The largest absolute Gasteiger partial charge is 0.354 e. The Kier molecular flexibility index (Phi) is 10.2. The SMILES string of the molecule is CSCCCC(=O)NCCN(C=O)C(=O)CC(C)C. The van der Waals surface area contributed by atoms with E-state index >= 15 is 0 Å². The Labute approximate surface area is 119 Å². The maximum Gasteiger partial charge on any atom is 0.229 e. The van der Waals surface area contributed by atoms with Crippen molar-refractivity contribution in [3.05, 3.63) is 0 Å². The fourth-order valence-corrected chi connectivity index (χ4v) is 1.92. The number of nitrogens with one attached hydrogen (secondary N) is 1.